The zero-order valence-electron chi connectivity index (χ0n) is 14.5. The largest absolute Gasteiger partial charge is 0.324 e. The minimum atomic E-state index is -0.608. The van der Waals surface area contributed by atoms with Crippen LogP contribution in [0.25, 0.3) is 10.1 Å². The number of fused-ring (bicyclic) bond motifs is 1. The highest BCUT2D eigenvalue weighted by Crippen LogP contribution is 2.31. The van der Waals surface area contributed by atoms with Gasteiger partial charge in [0.25, 0.3) is 5.91 Å². The van der Waals surface area contributed by atoms with Gasteiger partial charge in [-0.2, -0.15) is 5.26 Å². The minimum Gasteiger partial charge on any atom is -0.324 e. The van der Waals surface area contributed by atoms with Crippen molar-refractivity contribution >= 4 is 50.7 Å². The average Bonchev–Trinajstić information content (AvgIpc) is 3.36. The number of carbonyl (C=O) groups is 2. The number of anilines is 1. The van der Waals surface area contributed by atoms with E-state index in [4.69, 9.17) is 5.26 Å². The van der Waals surface area contributed by atoms with Gasteiger partial charge in [-0.25, -0.2) is 4.39 Å². The topological polar surface area (TPSA) is 73.2 Å². The lowest BCUT2D eigenvalue weighted by molar-refractivity contribution is -0.119. The van der Waals surface area contributed by atoms with Crippen molar-refractivity contribution in [2.75, 3.05) is 16.9 Å². The second kappa shape index (κ2) is 7.62. The molecule has 3 aromatic rings. The van der Waals surface area contributed by atoms with Gasteiger partial charge in [-0.15, -0.1) is 23.1 Å². The third-order valence-corrected chi connectivity index (χ3v) is 6.55. The molecule has 0 aliphatic carbocycles. The Morgan fingerprint density at radius 1 is 1.21 bits per heavy atom. The summed E-state index contributed by atoms with van der Waals surface area (Å²) >= 11 is 2.73. The molecular weight excluding hydrogens is 397 g/mol. The summed E-state index contributed by atoms with van der Waals surface area (Å²) in [6, 6.07) is 14.3. The van der Waals surface area contributed by atoms with E-state index >= 15 is 0 Å². The monoisotopic (exact) mass is 411 g/mol. The van der Waals surface area contributed by atoms with E-state index in [2.05, 4.69) is 5.32 Å². The summed E-state index contributed by atoms with van der Waals surface area (Å²) < 4.78 is 14.6. The average molecular weight is 411 g/mol. The van der Waals surface area contributed by atoms with Crippen molar-refractivity contribution in [1.82, 2.24) is 4.90 Å². The fourth-order valence-corrected chi connectivity index (χ4v) is 5.17. The Labute approximate surface area is 168 Å². The lowest BCUT2D eigenvalue weighted by Gasteiger charge is -2.22. The van der Waals surface area contributed by atoms with Crippen molar-refractivity contribution < 1.29 is 14.0 Å². The van der Waals surface area contributed by atoms with E-state index in [1.54, 1.807) is 42.5 Å². The van der Waals surface area contributed by atoms with Gasteiger partial charge in [0.05, 0.1) is 22.4 Å². The smallest absolute Gasteiger partial charge is 0.265 e. The highest BCUT2D eigenvalue weighted by atomic mass is 32.2. The highest BCUT2D eigenvalue weighted by Gasteiger charge is 2.35. The highest BCUT2D eigenvalue weighted by molar-refractivity contribution is 7.99. The number of amides is 2. The first-order valence-electron chi connectivity index (χ1n) is 8.44. The van der Waals surface area contributed by atoms with E-state index in [1.807, 2.05) is 6.07 Å². The normalized spacial score (nSPS) is 16.1. The van der Waals surface area contributed by atoms with Crippen LogP contribution in [-0.2, 0) is 4.79 Å². The third-order valence-electron chi connectivity index (χ3n) is 4.45. The molecule has 1 aliphatic rings. The van der Waals surface area contributed by atoms with Crippen LogP contribution < -0.4 is 5.32 Å². The van der Waals surface area contributed by atoms with Gasteiger partial charge in [0.15, 0.2) is 0 Å². The molecule has 1 fully saturated rings. The number of nitrogens with zero attached hydrogens (tertiary/aromatic N) is 2. The van der Waals surface area contributed by atoms with Crippen molar-refractivity contribution in [3.05, 3.63) is 64.8 Å². The van der Waals surface area contributed by atoms with Gasteiger partial charge in [-0.1, -0.05) is 6.07 Å². The van der Waals surface area contributed by atoms with Gasteiger partial charge < -0.3 is 10.2 Å². The zero-order valence-corrected chi connectivity index (χ0v) is 16.1. The Balaban J connectivity index is 1.53. The summed E-state index contributed by atoms with van der Waals surface area (Å²) in [5, 5.41) is 12.1. The molecule has 1 N–H and O–H groups in total. The Morgan fingerprint density at radius 3 is 2.71 bits per heavy atom. The SMILES string of the molecule is N#Cc1ccc(NC(=O)C2CSCN2C(=O)c2cc3c(F)cccc3s2)cc1. The molecule has 1 aliphatic heterocycles. The molecule has 2 aromatic carbocycles. The van der Waals surface area contributed by atoms with Gasteiger partial charge in [-0.3, -0.25) is 9.59 Å². The maximum atomic E-state index is 13.9. The fraction of sp³-hybridized carbons (Fsp3) is 0.150. The molecule has 2 heterocycles. The third kappa shape index (κ3) is 3.46. The van der Waals surface area contributed by atoms with Crippen LogP contribution in [0.15, 0.2) is 48.5 Å². The summed E-state index contributed by atoms with van der Waals surface area (Å²) in [4.78, 5) is 27.6. The molecule has 0 bridgehead atoms. The molecule has 1 saturated heterocycles. The second-order valence-electron chi connectivity index (χ2n) is 6.23. The Bertz CT molecular complexity index is 1100. The van der Waals surface area contributed by atoms with Crippen molar-refractivity contribution in [2.24, 2.45) is 0 Å². The molecule has 1 aromatic heterocycles. The summed E-state index contributed by atoms with van der Waals surface area (Å²) in [5.41, 5.74) is 1.07. The van der Waals surface area contributed by atoms with Crippen LogP contribution in [0.2, 0.25) is 0 Å². The van der Waals surface area contributed by atoms with Crippen LogP contribution in [0.1, 0.15) is 15.2 Å². The number of nitrogens with one attached hydrogen (secondary N) is 1. The first kappa shape index (κ1) is 18.5. The molecular formula is C20H14FN3O2S2. The molecule has 0 spiro atoms. The Hall–Kier alpha value is -2.89. The number of thiophene rings is 1. The molecule has 1 atom stereocenters. The van der Waals surface area contributed by atoms with E-state index in [9.17, 15) is 14.0 Å². The number of carbonyl (C=O) groups excluding carboxylic acids is 2. The van der Waals surface area contributed by atoms with E-state index < -0.39 is 6.04 Å². The lowest BCUT2D eigenvalue weighted by Crippen LogP contribution is -2.44. The summed E-state index contributed by atoms with van der Waals surface area (Å²) in [5.74, 6) is -0.0201. The number of hydrogen-bond acceptors (Lipinski definition) is 5. The number of rotatable bonds is 3. The molecule has 5 nitrogen and oxygen atoms in total. The maximum absolute atomic E-state index is 13.9. The molecule has 0 radical (unpaired) electrons. The first-order valence-corrected chi connectivity index (χ1v) is 10.4. The van der Waals surface area contributed by atoms with E-state index in [0.29, 0.717) is 37.8 Å². The molecule has 4 rings (SSSR count). The number of halogens is 1. The Morgan fingerprint density at radius 2 is 2.00 bits per heavy atom. The van der Waals surface area contributed by atoms with Crippen molar-refractivity contribution in [3.63, 3.8) is 0 Å². The predicted octanol–water partition coefficient (Wildman–Crippen LogP) is 4.07. The van der Waals surface area contributed by atoms with Gasteiger partial charge in [0.1, 0.15) is 11.9 Å². The molecule has 8 heteroatoms. The predicted molar refractivity (Wildman–Crippen MR) is 109 cm³/mol. The Kier molecular flexibility index (Phi) is 5.03. The molecule has 140 valence electrons. The van der Waals surface area contributed by atoms with E-state index in [-0.39, 0.29) is 17.6 Å². The van der Waals surface area contributed by atoms with Crippen molar-refractivity contribution in [1.29, 1.82) is 5.26 Å². The summed E-state index contributed by atoms with van der Waals surface area (Å²) in [6.07, 6.45) is 0. The van der Waals surface area contributed by atoms with Crippen LogP contribution in [-0.4, -0.2) is 34.4 Å². The fourth-order valence-electron chi connectivity index (χ4n) is 2.99. The number of nitriles is 1. The number of thioether (sulfide) groups is 1. The van der Waals surface area contributed by atoms with Crippen LogP contribution in [0.4, 0.5) is 10.1 Å². The van der Waals surface area contributed by atoms with E-state index in [1.165, 1.54) is 34.1 Å². The van der Waals surface area contributed by atoms with E-state index in [0.717, 1.165) is 0 Å². The minimum absolute atomic E-state index is 0.273. The van der Waals surface area contributed by atoms with Crippen molar-refractivity contribution in [3.8, 4) is 6.07 Å². The van der Waals surface area contributed by atoms with Crippen LogP contribution in [0.5, 0.6) is 0 Å². The van der Waals surface area contributed by atoms with Gasteiger partial charge in [0.2, 0.25) is 5.91 Å². The van der Waals surface area contributed by atoms with Gasteiger partial charge in [0, 0.05) is 21.5 Å². The lowest BCUT2D eigenvalue weighted by atomic mass is 10.2. The summed E-state index contributed by atoms with van der Waals surface area (Å²) in [6.45, 7) is 0. The van der Waals surface area contributed by atoms with Crippen LogP contribution in [0, 0.1) is 17.1 Å². The molecule has 28 heavy (non-hydrogen) atoms. The molecule has 2 amide bonds. The van der Waals surface area contributed by atoms with Gasteiger partial charge in [-0.05, 0) is 42.5 Å². The summed E-state index contributed by atoms with van der Waals surface area (Å²) in [7, 11) is 0. The van der Waals surface area contributed by atoms with Gasteiger partial charge >= 0.3 is 0 Å². The van der Waals surface area contributed by atoms with Crippen LogP contribution >= 0.6 is 23.1 Å². The number of hydrogen-bond donors (Lipinski definition) is 1. The maximum Gasteiger partial charge on any atom is 0.265 e. The molecule has 0 saturated carbocycles. The zero-order chi connectivity index (χ0) is 19.7. The number of benzene rings is 2. The standard InChI is InChI=1S/C20H14FN3O2S2/c21-15-2-1-3-17-14(15)8-18(28-17)20(26)24-11-27-10-16(24)19(25)23-13-6-4-12(9-22)5-7-13/h1-8,16H,10-11H2,(H,23,25). The second-order valence-corrected chi connectivity index (χ2v) is 8.31. The quantitative estimate of drug-likeness (QED) is 0.705. The molecule has 1 unspecified atom stereocenters. The van der Waals surface area contributed by atoms with Crippen molar-refractivity contribution in [2.45, 2.75) is 6.04 Å². The first-order chi connectivity index (χ1) is 13.6. The van der Waals surface area contributed by atoms with Crippen LogP contribution in [0.3, 0.4) is 0 Å².